The third kappa shape index (κ3) is 6.26. The molecule has 0 saturated heterocycles. The number of para-hydroxylation sites is 1. The SMILES string of the molecule is CC(C)C1CCCC1(Cc1ccccc1)C(=O)N(CP(=O)(O)O)[C@H]1CCc2ccccc2N(CC(=O)O)C1=O. The van der Waals surface area contributed by atoms with Crippen LogP contribution in [-0.4, -0.2) is 56.4 Å². The minimum Gasteiger partial charge on any atom is -0.480 e. The van der Waals surface area contributed by atoms with Crippen molar-refractivity contribution in [2.24, 2.45) is 17.3 Å². The molecule has 2 unspecified atom stereocenters. The molecule has 210 valence electrons. The number of carbonyl (C=O) groups excluding carboxylic acids is 2. The second-order valence-corrected chi connectivity index (χ2v) is 12.8. The highest BCUT2D eigenvalue weighted by atomic mass is 31.2. The number of aryl methyl sites for hydroxylation is 1. The van der Waals surface area contributed by atoms with Gasteiger partial charge in [0, 0.05) is 5.69 Å². The molecular formula is C29H37N2O7P. The van der Waals surface area contributed by atoms with E-state index in [0.29, 0.717) is 24.9 Å². The lowest BCUT2D eigenvalue weighted by Gasteiger charge is -2.43. The van der Waals surface area contributed by atoms with Crippen LogP contribution in [0.25, 0.3) is 0 Å². The number of hydrogen-bond donors (Lipinski definition) is 3. The highest BCUT2D eigenvalue weighted by Crippen LogP contribution is 2.52. The van der Waals surface area contributed by atoms with Gasteiger partial charge in [0.25, 0.3) is 0 Å². The van der Waals surface area contributed by atoms with Crippen LogP contribution in [0.15, 0.2) is 54.6 Å². The molecule has 4 rings (SSSR count). The number of carboxylic acids is 1. The number of carbonyl (C=O) groups is 3. The number of anilines is 1. The standard InChI is InChI=1S/C29H37N2O7P/c1-20(2)23-12-8-16-29(23,17-21-9-4-3-5-10-21)28(35)31(19-39(36,37)38)25-15-14-22-11-6-7-13-24(22)30(27(25)34)18-26(32)33/h3-7,9-11,13,20,23,25H,8,12,14-19H2,1-2H3,(H,32,33)(H2,36,37,38)/t23?,25-,29?/m0/s1. The molecule has 1 aliphatic carbocycles. The Morgan fingerprint density at radius 3 is 2.38 bits per heavy atom. The first-order valence-electron chi connectivity index (χ1n) is 13.4. The maximum absolute atomic E-state index is 14.7. The predicted molar refractivity (Wildman–Crippen MR) is 147 cm³/mol. The van der Waals surface area contributed by atoms with Crippen LogP contribution in [0.2, 0.25) is 0 Å². The predicted octanol–water partition coefficient (Wildman–Crippen LogP) is 4.07. The normalized spacial score (nSPS) is 23.4. The van der Waals surface area contributed by atoms with Crippen molar-refractivity contribution < 1.29 is 33.8 Å². The van der Waals surface area contributed by atoms with Crippen LogP contribution in [0, 0.1) is 17.3 Å². The molecule has 0 spiro atoms. The molecule has 1 fully saturated rings. The van der Waals surface area contributed by atoms with Crippen LogP contribution in [0.1, 0.15) is 50.7 Å². The molecule has 2 aromatic carbocycles. The summed E-state index contributed by atoms with van der Waals surface area (Å²) in [4.78, 5) is 62.9. The molecule has 39 heavy (non-hydrogen) atoms. The second kappa shape index (κ2) is 11.6. The second-order valence-electron chi connectivity index (χ2n) is 11.1. The van der Waals surface area contributed by atoms with Crippen molar-refractivity contribution in [3.8, 4) is 0 Å². The Kier molecular flexibility index (Phi) is 8.64. The molecule has 9 nitrogen and oxygen atoms in total. The van der Waals surface area contributed by atoms with Crippen LogP contribution in [0.4, 0.5) is 5.69 Å². The molecule has 1 saturated carbocycles. The van der Waals surface area contributed by atoms with Crippen LogP contribution < -0.4 is 4.90 Å². The molecule has 2 amide bonds. The van der Waals surface area contributed by atoms with Gasteiger partial charge >= 0.3 is 13.6 Å². The average Bonchev–Trinajstić information content (AvgIpc) is 3.25. The van der Waals surface area contributed by atoms with Crippen molar-refractivity contribution in [1.82, 2.24) is 4.90 Å². The largest absolute Gasteiger partial charge is 0.480 e. The monoisotopic (exact) mass is 556 g/mol. The Morgan fingerprint density at radius 1 is 1.08 bits per heavy atom. The third-order valence-corrected chi connectivity index (χ3v) is 8.90. The van der Waals surface area contributed by atoms with Gasteiger partial charge in [0.05, 0.1) is 5.41 Å². The van der Waals surface area contributed by atoms with Gasteiger partial charge in [0.2, 0.25) is 11.8 Å². The maximum atomic E-state index is 14.7. The average molecular weight is 557 g/mol. The fourth-order valence-corrected chi connectivity index (χ4v) is 7.39. The molecule has 2 aliphatic rings. The van der Waals surface area contributed by atoms with Crippen molar-refractivity contribution in [1.29, 1.82) is 0 Å². The molecule has 0 radical (unpaired) electrons. The lowest BCUT2D eigenvalue weighted by Crippen LogP contribution is -2.57. The van der Waals surface area contributed by atoms with E-state index in [9.17, 15) is 33.8 Å². The number of fused-ring (bicyclic) bond motifs is 1. The summed E-state index contributed by atoms with van der Waals surface area (Å²) in [6.45, 7) is 3.49. The van der Waals surface area contributed by atoms with Crippen molar-refractivity contribution in [2.45, 2.75) is 58.4 Å². The quantitative estimate of drug-likeness (QED) is 0.396. The van der Waals surface area contributed by atoms with Gasteiger partial charge in [-0.1, -0.05) is 68.8 Å². The number of hydrogen-bond acceptors (Lipinski definition) is 4. The van der Waals surface area contributed by atoms with Crippen molar-refractivity contribution >= 4 is 31.1 Å². The van der Waals surface area contributed by atoms with Gasteiger partial charge < -0.3 is 19.8 Å². The summed E-state index contributed by atoms with van der Waals surface area (Å²) in [6.07, 6.45) is 2.11. The van der Waals surface area contributed by atoms with Gasteiger partial charge in [-0.2, -0.15) is 0 Å². The van der Waals surface area contributed by atoms with Gasteiger partial charge in [-0.05, 0) is 61.1 Å². The fourth-order valence-electron chi connectivity index (χ4n) is 6.67. The number of carboxylic acid groups (broad SMARTS) is 1. The molecule has 10 heteroatoms. The maximum Gasteiger partial charge on any atom is 0.344 e. The number of benzene rings is 2. The topological polar surface area (TPSA) is 135 Å². The first-order valence-corrected chi connectivity index (χ1v) is 15.2. The zero-order valence-corrected chi connectivity index (χ0v) is 23.3. The summed E-state index contributed by atoms with van der Waals surface area (Å²) >= 11 is 0. The molecule has 0 bridgehead atoms. The summed E-state index contributed by atoms with van der Waals surface area (Å²) in [5.41, 5.74) is 1.19. The Morgan fingerprint density at radius 2 is 1.74 bits per heavy atom. The van der Waals surface area contributed by atoms with E-state index in [1.54, 1.807) is 24.3 Å². The third-order valence-electron chi connectivity index (χ3n) is 8.23. The summed E-state index contributed by atoms with van der Waals surface area (Å²) < 4.78 is 12.4. The number of rotatable bonds is 9. The van der Waals surface area contributed by atoms with E-state index in [4.69, 9.17) is 0 Å². The molecule has 3 atom stereocenters. The van der Waals surface area contributed by atoms with Gasteiger partial charge in [0.1, 0.15) is 18.9 Å². The smallest absolute Gasteiger partial charge is 0.344 e. The highest BCUT2D eigenvalue weighted by Gasteiger charge is 2.54. The van der Waals surface area contributed by atoms with Crippen LogP contribution >= 0.6 is 7.60 Å². The lowest BCUT2D eigenvalue weighted by molar-refractivity contribution is -0.150. The Bertz CT molecular complexity index is 1260. The highest BCUT2D eigenvalue weighted by molar-refractivity contribution is 7.51. The first kappa shape index (κ1) is 29.0. The van der Waals surface area contributed by atoms with Crippen LogP contribution in [0.3, 0.4) is 0 Å². The van der Waals surface area contributed by atoms with Crippen LogP contribution in [-0.2, 0) is 31.8 Å². The summed E-state index contributed by atoms with van der Waals surface area (Å²) in [5, 5.41) is 9.60. The zero-order valence-electron chi connectivity index (χ0n) is 22.4. The number of nitrogens with zero attached hydrogens (tertiary/aromatic N) is 2. The summed E-state index contributed by atoms with van der Waals surface area (Å²) in [7, 11) is -4.78. The Balaban J connectivity index is 1.81. The fraction of sp³-hybridized carbons (Fsp3) is 0.483. The molecule has 2 aromatic rings. The minimum absolute atomic E-state index is 0.0438. The molecular weight excluding hydrogens is 519 g/mol. The van der Waals surface area contributed by atoms with Crippen molar-refractivity contribution in [2.75, 3.05) is 17.7 Å². The molecule has 0 aromatic heterocycles. The van der Waals surface area contributed by atoms with Crippen molar-refractivity contribution in [3.63, 3.8) is 0 Å². The van der Waals surface area contributed by atoms with Crippen molar-refractivity contribution in [3.05, 3.63) is 65.7 Å². The van der Waals surface area contributed by atoms with Gasteiger partial charge in [-0.25, -0.2) is 0 Å². The van der Waals surface area contributed by atoms with Gasteiger partial charge in [-0.3, -0.25) is 23.8 Å². The van der Waals surface area contributed by atoms with Gasteiger partial charge in [-0.15, -0.1) is 0 Å². The minimum atomic E-state index is -4.78. The van der Waals surface area contributed by atoms with E-state index in [-0.39, 0.29) is 18.3 Å². The molecule has 1 heterocycles. The van der Waals surface area contributed by atoms with Crippen LogP contribution in [0.5, 0.6) is 0 Å². The van der Waals surface area contributed by atoms with Gasteiger partial charge in [0.15, 0.2) is 0 Å². The zero-order chi connectivity index (χ0) is 28.4. The van der Waals surface area contributed by atoms with E-state index < -0.39 is 49.7 Å². The van der Waals surface area contributed by atoms with E-state index in [1.807, 2.05) is 30.3 Å². The molecule has 1 aliphatic heterocycles. The first-order chi connectivity index (χ1) is 18.4. The summed E-state index contributed by atoms with van der Waals surface area (Å²) in [6, 6.07) is 15.3. The number of aliphatic carboxylic acids is 1. The lowest BCUT2D eigenvalue weighted by atomic mass is 9.68. The summed E-state index contributed by atoms with van der Waals surface area (Å²) in [5.74, 6) is -2.21. The van der Waals surface area contributed by atoms with E-state index in [1.165, 1.54) is 0 Å². The molecule has 3 N–H and O–H groups in total. The van der Waals surface area contributed by atoms with E-state index in [2.05, 4.69) is 13.8 Å². The Labute approximate surface area is 229 Å². The van der Waals surface area contributed by atoms with E-state index in [0.717, 1.165) is 33.8 Å². The Hall–Kier alpha value is -3.00. The number of amides is 2. The van der Waals surface area contributed by atoms with E-state index >= 15 is 0 Å².